The number of ether oxygens (including phenoxy) is 1. The molecule has 2 saturated heterocycles. The Morgan fingerprint density at radius 2 is 2.03 bits per heavy atom. The Hall–Kier alpha value is -1.19. The molecule has 4 rings (SSSR count). The maximum Gasteiger partial charge on any atom is 0.219 e. The highest BCUT2D eigenvalue weighted by molar-refractivity contribution is 7.98. The van der Waals surface area contributed by atoms with Crippen LogP contribution in [0.3, 0.4) is 0 Å². The van der Waals surface area contributed by atoms with Crippen LogP contribution in [-0.2, 0) is 11.2 Å². The highest BCUT2D eigenvalue weighted by atomic mass is 35.5. The number of hydrazone groups is 1. The van der Waals surface area contributed by atoms with Crippen molar-refractivity contribution < 1.29 is 4.74 Å². The molecule has 3 aliphatic heterocycles. The van der Waals surface area contributed by atoms with Gasteiger partial charge in [0.15, 0.2) is 6.29 Å². The van der Waals surface area contributed by atoms with Crippen LogP contribution in [0.15, 0.2) is 29.4 Å². The normalized spacial score (nSPS) is 28.7. The molecule has 29 heavy (non-hydrogen) atoms. The lowest BCUT2D eigenvalue weighted by molar-refractivity contribution is -0.0758. The number of hydrogen-bond acceptors (Lipinski definition) is 8. The molecule has 3 atom stereocenters. The minimum absolute atomic E-state index is 0.280. The summed E-state index contributed by atoms with van der Waals surface area (Å²) in [5.41, 5.74) is 10.0. The monoisotopic (exact) mass is 438 g/mol. The van der Waals surface area contributed by atoms with Gasteiger partial charge in [-0.1, -0.05) is 23.7 Å². The fraction of sp³-hybridized carbons (Fsp3) is 0.650. The zero-order valence-corrected chi connectivity index (χ0v) is 18.5. The predicted octanol–water partition coefficient (Wildman–Crippen LogP) is 1.49. The molecule has 3 aliphatic rings. The lowest BCUT2D eigenvalue weighted by Gasteiger charge is -2.47. The fourth-order valence-electron chi connectivity index (χ4n) is 4.49. The molecule has 3 heterocycles. The molecule has 9 heteroatoms. The van der Waals surface area contributed by atoms with E-state index in [2.05, 4.69) is 44.0 Å². The first-order valence-electron chi connectivity index (χ1n) is 10.3. The summed E-state index contributed by atoms with van der Waals surface area (Å²) in [4.78, 5) is 5.01. The van der Waals surface area contributed by atoms with Crippen molar-refractivity contribution in [2.75, 3.05) is 38.2 Å². The molecule has 160 valence electrons. The third-order valence-corrected chi connectivity index (χ3v) is 6.93. The van der Waals surface area contributed by atoms with Gasteiger partial charge in [0.05, 0.1) is 12.7 Å². The number of nitrogens with one attached hydrogen (secondary N) is 2. The summed E-state index contributed by atoms with van der Waals surface area (Å²) in [7, 11) is 0. The zero-order valence-electron chi connectivity index (χ0n) is 16.9. The molecule has 0 amide bonds. The van der Waals surface area contributed by atoms with E-state index >= 15 is 0 Å². The van der Waals surface area contributed by atoms with Crippen molar-refractivity contribution in [1.82, 2.24) is 20.5 Å². The Morgan fingerprint density at radius 3 is 2.69 bits per heavy atom. The smallest absolute Gasteiger partial charge is 0.219 e. The molecule has 4 N–H and O–H groups in total. The van der Waals surface area contributed by atoms with Crippen molar-refractivity contribution in [3.05, 3.63) is 34.9 Å². The molecule has 0 aromatic heterocycles. The average Bonchev–Trinajstić information content (AvgIpc) is 3.17. The van der Waals surface area contributed by atoms with Crippen LogP contribution >= 0.6 is 23.4 Å². The van der Waals surface area contributed by atoms with Crippen LogP contribution in [0.4, 0.5) is 0 Å². The predicted molar refractivity (Wildman–Crippen MR) is 120 cm³/mol. The van der Waals surface area contributed by atoms with Gasteiger partial charge in [-0.15, -0.1) is 5.10 Å². The van der Waals surface area contributed by atoms with Crippen molar-refractivity contribution in [1.29, 1.82) is 0 Å². The molecule has 1 aromatic carbocycles. The van der Waals surface area contributed by atoms with E-state index in [1.54, 1.807) is 0 Å². The minimum atomic E-state index is -0.280. The molecular weight excluding hydrogens is 408 g/mol. The summed E-state index contributed by atoms with van der Waals surface area (Å²) in [5.74, 6) is 1.92. The first kappa shape index (κ1) is 21.1. The highest BCUT2D eigenvalue weighted by Gasteiger charge is 2.36. The third kappa shape index (κ3) is 5.30. The molecule has 0 bridgehead atoms. The van der Waals surface area contributed by atoms with Crippen molar-refractivity contribution in [3.63, 3.8) is 0 Å². The number of rotatable bonds is 5. The Kier molecular flexibility index (Phi) is 7.08. The summed E-state index contributed by atoms with van der Waals surface area (Å²) in [6.45, 7) is 3.78. The van der Waals surface area contributed by atoms with Gasteiger partial charge in [-0.05, 0) is 43.2 Å². The second kappa shape index (κ2) is 9.75. The topological polar surface area (TPSA) is 78.2 Å². The molecule has 3 unspecified atom stereocenters. The fourth-order valence-corrected chi connectivity index (χ4v) is 5.19. The number of thioether (sulfide) groups is 1. The van der Waals surface area contributed by atoms with Gasteiger partial charge in [0, 0.05) is 42.5 Å². The van der Waals surface area contributed by atoms with Gasteiger partial charge in [-0.3, -0.25) is 16.1 Å². The molecule has 0 spiro atoms. The number of likely N-dealkylation sites (tertiary alicyclic amines) is 1. The van der Waals surface area contributed by atoms with Crippen LogP contribution in [0.25, 0.3) is 0 Å². The van der Waals surface area contributed by atoms with E-state index in [0.29, 0.717) is 18.2 Å². The molecule has 7 nitrogen and oxygen atoms in total. The number of benzene rings is 1. The van der Waals surface area contributed by atoms with E-state index in [4.69, 9.17) is 22.1 Å². The first-order valence-corrected chi connectivity index (χ1v) is 12.1. The summed E-state index contributed by atoms with van der Waals surface area (Å²) in [6.07, 6.45) is 5.43. The van der Waals surface area contributed by atoms with Crippen LogP contribution in [0.2, 0.25) is 5.02 Å². The van der Waals surface area contributed by atoms with Crippen molar-refractivity contribution >= 4 is 29.3 Å². The van der Waals surface area contributed by atoms with E-state index in [1.807, 2.05) is 23.9 Å². The SMILES string of the molecule is CSCC1CN(C2CCN(C3=NNC(N)N3)CC2)C(Cc2ccc(Cl)cc2)CO1. The number of hydrogen-bond donors (Lipinski definition) is 3. The molecule has 0 saturated carbocycles. The van der Waals surface area contributed by atoms with Gasteiger partial charge in [0.1, 0.15) is 0 Å². The summed E-state index contributed by atoms with van der Waals surface area (Å²) < 4.78 is 6.21. The number of nitrogens with zero attached hydrogens (tertiary/aromatic N) is 3. The first-order chi connectivity index (χ1) is 14.1. The van der Waals surface area contributed by atoms with Crippen LogP contribution in [-0.4, -0.2) is 78.5 Å². The second-order valence-electron chi connectivity index (χ2n) is 8.00. The molecule has 1 aromatic rings. The Bertz CT molecular complexity index is 697. The quantitative estimate of drug-likeness (QED) is 0.642. The molecule has 2 fully saturated rings. The van der Waals surface area contributed by atoms with Crippen LogP contribution in [0.1, 0.15) is 18.4 Å². The maximum absolute atomic E-state index is 6.21. The van der Waals surface area contributed by atoms with E-state index < -0.39 is 0 Å². The minimum Gasteiger partial charge on any atom is -0.374 e. The average molecular weight is 439 g/mol. The van der Waals surface area contributed by atoms with Crippen molar-refractivity contribution in [2.45, 2.75) is 43.7 Å². The van der Waals surface area contributed by atoms with Crippen LogP contribution in [0, 0.1) is 0 Å². The Balaban J connectivity index is 1.40. The van der Waals surface area contributed by atoms with Gasteiger partial charge in [-0.25, -0.2) is 0 Å². The van der Waals surface area contributed by atoms with Crippen molar-refractivity contribution in [3.8, 4) is 0 Å². The summed E-state index contributed by atoms with van der Waals surface area (Å²) in [5, 5.41) is 8.27. The number of nitrogens with two attached hydrogens (primary N) is 1. The second-order valence-corrected chi connectivity index (χ2v) is 9.34. The van der Waals surface area contributed by atoms with Crippen molar-refractivity contribution in [2.24, 2.45) is 10.8 Å². The van der Waals surface area contributed by atoms with E-state index in [-0.39, 0.29) is 6.29 Å². The standard InChI is InChI=1S/C20H31ClN6OS/c1-29-13-18-11-27(17(12-28-18)10-14-2-4-15(21)5-3-14)16-6-8-26(9-7-16)20-23-19(22)24-25-20/h2-5,16-19,24H,6-13,22H2,1H3,(H,23,25). The van der Waals surface area contributed by atoms with E-state index in [1.165, 1.54) is 5.56 Å². The number of morpholine rings is 1. The highest BCUT2D eigenvalue weighted by Crippen LogP contribution is 2.26. The Morgan fingerprint density at radius 1 is 1.28 bits per heavy atom. The third-order valence-electron chi connectivity index (χ3n) is 5.97. The lowest BCUT2D eigenvalue weighted by atomic mass is 9.96. The molecular formula is C20H31ClN6OS. The molecule has 0 radical (unpaired) electrons. The maximum atomic E-state index is 6.21. The van der Waals surface area contributed by atoms with Gasteiger partial charge < -0.3 is 15.0 Å². The number of piperidine rings is 1. The summed E-state index contributed by atoms with van der Waals surface area (Å²) >= 11 is 7.93. The van der Waals surface area contributed by atoms with Gasteiger partial charge >= 0.3 is 0 Å². The largest absolute Gasteiger partial charge is 0.374 e. The summed E-state index contributed by atoms with van der Waals surface area (Å²) in [6, 6.07) is 9.21. The zero-order chi connectivity index (χ0) is 20.2. The van der Waals surface area contributed by atoms with E-state index in [0.717, 1.165) is 62.2 Å². The Labute approximate surface area is 182 Å². The lowest BCUT2D eigenvalue weighted by Crippen LogP contribution is -2.58. The number of guanidine groups is 1. The van der Waals surface area contributed by atoms with Gasteiger partial charge in [0.2, 0.25) is 5.96 Å². The van der Waals surface area contributed by atoms with Crippen LogP contribution in [0.5, 0.6) is 0 Å². The van der Waals surface area contributed by atoms with Gasteiger partial charge in [-0.2, -0.15) is 11.8 Å². The van der Waals surface area contributed by atoms with Crippen LogP contribution < -0.4 is 16.5 Å². The van der Waals surface area contributed by atoms with E-state index in [9.17, 15) is 0 Å². The molecule has 0 aliphatic carbocycles. The number of halogens is 1. The van der Waals surface area contributed by atoms with Gasteiger partial charge in [0.25, 0.3) is 0 Å².